The number of ether oxygens (including phenoxy) is 1. The molecule has 0 aliphatic carbocycles. The Morgan fingerprint density at radius 3 is 2.62 bits per heavy atom. The molecule has 2 amide bonds. The second-order valence-electron chi connectivity index (χ2n) is 4.72. The van der Waals surface area contributed by atoms with Gasteiger partial charge in [-0.2, -0.15) is 0 Å². The highest BCUT2D eigenvalue weighted by molar-refractivity contribution is 5.99. The molecule has 0 saturated carbocycles. The first-order valence-electron chi connectivity index (χ1n) is 6.41. The lowest BCUT2D eigenvalue weighted by Crippen LogP contribution is -2.59. The fourth-order valence-corrected chi connectivity index (χ4v) is 2.15. The third-order valence-corrected chi connectivity index (χ3v) is 3.24. The highest BCUT2D eigenvalue weighted by atomic mass is 16.5. The highest BCUT2D eigenvalue weighted by Crippen LogP contribution is 2.13. The molecular formula is C14H16N2O5. The minimum atomic E-state index is -1.14. The molecule has 1 fully saturated rings. The molecule has 1 unspecified atom stereocenters. The Morgan fingerprint density at radius 1 is 1.38 bits per heavy atom. The molecule has 1 heterocycles. The zero-order chi connectivity index (χ0) is 15.4. The van der Waals surface area contributed by atoms with E-state index in [4.69, 9.17) is 9.84 Å². The van der Waals surface area contributed by atoms with Crippen molar-refractivity contribution in [1.82, 2.24) is 10.2 Å². The van der Waals surface area contributed by atoms with Crippen LogP contribution >= 0.6 is 0 Å². The Kier molecular flexibility index (Phi) is 4.54. The van der Waals surface area contributed by atoms with Crippen molar-refractivity contribution in [3.05, 3.63) is 35.4 Å². The van der Waals surface area contributed by atoms with Crippen molar-refractivity contribution in [2.45, 2.75) is 12.6 Å². The molecule has 1 aliphatic rings. The van der Waals surface area contributed by atoms with Crippen LogP contribution in [0.2, 0.25) is 0 Å². The molecule has 1 saturated heterocycles. The molecule has 7 nitrogen and oxygen atoms in total. The molecule has 1 aromatic carbocycles. The first-order valence-corrected chi connectivity index (χ1v) is 6.41. The zero-order valence-corrected chi connectivity index (χ0v) is 11.5. The number of carboxylic acids is 1. The number of carboxylic acid groups (broad SMARTS) is 1. The van der Waals surface area contributed by atoms with Crippen molar-refractivity contribution in [1.29, 1.82) is 0 Å². The van der Waals surface area contributed by atoms with Crippen LogP contribution in [0.3, 0.4) is 0 Å². The van der Waals surface area contributed by atoms with Gasteiger partial charge in [0.2, 0.25) is 5.91 Å². The molecule has 0 spiro atoms. The van der Waals surface area contributed by atoms with Gasteiger partial charge in [0, 0.05) is 19.2 Å². The van der Waals surface area contributed by atoms with Gasteiger partial charge in [-0.1, -0.05) is 12.1 Å². The molecule has 112 valence electrons. The summed E-state index contributed by atoms with van der Waals surface area (Å²) < 4.78 is 4.98. The maximum atomic E-state index is 12.4. The monoisotopic (exact) mass is 292 g/mol. The third-order valence-electron chi connectivity index (χ3n) is 3.24. The summed E-state index contributed by atoms with van der Waals surface area (Å²) in [4.78, 5) is 36.0. The number of hydrogen-bond acceptors (Lipinski definition) is 4. The summed E-state index contributed by atoms with van der Waals surface area (Å²) in [6.45, 7) is 0.0929. The van der Waals surface area contributed by atoms with Crippen LogP contribution in [0.5, 0.6) is 0 Å². The summed E-state index contributed by atoms with van der Waals surface area (Å²) in [5.41, 5.74) is 1.25. The van der Waals surface area contributed by atoms with Gasteiger partial charge in [0.25, 0.3) is 5.91 Å². The summed E-state index contributed by atoms with van der Waals surface area (Å²) in [5, 5.41) is 11.6. The van der Waals surface area contributed by atoms with Crippen molar-refractivity contribution >= 4 is 17.8 Å². The highest BCUT2D eigenvalue weighted by Gasteiger charge is 2.35. The summed E-state index contributed by atoms with van der Waals surface area (Å²) >= 11 is 0. The summed E-state index contributed by atoms with van der Waals surface area (Å²) in [7, 11) is 1.57. The fraction of sp³-hybridized carbons (Fsp3) is 0.357. The average Bonchev–Trinajstić information content (AvgIpc) is 2.47. The molecule has 2 rings (SSSR count). The smallest absolute Gasteiger partial charge is 0.328 e. The standard InChI is InChI=1S/C14H16N2O5/c1-21-8-9-2-4-10(5-3-9)13(18)16-7-12(17)15-6-11(16)14(19)20/h2-5,11H,6-8H2,1H3,(H,15,17)(H,19,20). The molecule has 21 heavy (non-hydrogen) atoms. The van der Waals surface area contributed by atoms with Crippen LogP contribution in [-0.2, 0) is 20.9 Å². The van der Waals surface area contributed by atoms with Crippen LogP contribution in [0.15, 0.2) is 24.3 Å². The lowest BCUT2D eigenvalue weighted by molar-refractivity contribution is -0.144. The van der Waals surface area contributed by atoms with Gasteiger partial charge in [-0.15, -0.1) is 0 Å². The maximum absolute atomic E-state index is 12.4. The van der Waals surface area contributed by atoms with Crippen molar-refractivity contribution in [3.8, 4) is 0 Å². The van der Waals surface area contributed by atoms with E-state index in [0.717, 1.165) is 10.5 Å². The van der Waals surface area contributed by atoms with E-state index in [0.29, 0.717) is 12.2 Å². The van der Waals surface area contributed by atoms with E-state index in [9.17, 15) is 14.4 Å². The number of rotatable bonds is 4. The molecule has 1 aliphatic heterocycles. The Hall–Kier alpha value is -2.41. The number of benzene rings is 1. The third kappa shape index (κ3) is 3.38. The van der Waals surface area contributed by atoms with E-state index in [-0.39, 0.29) is 19.0 Å². The number of aliphatic carboxylic acids is 1. The molecule has 7 heteroatoms. The average molecular weight is 292 g/mol. The molecule has 2 N–H and O–H groups in total. The molecule has 0 aromatic heterocycles. The van der Waals surface area contributed by atoms with Gasteiger partial charge in [-0.05, 0) is 17.7 Å². The van der Waals surface area contributed by atoms with Crippen LogP contribution in [0.4, 0.5) is 0 Å². The lowest BCUT2D eigenvalue weighted by Gasteiger charge is -2.32. The van der Waals surface area contributed by atoms with E-state index in [1.165, 1.54) is 0 Å². The first kappa shape index (κ1) is 15.0. The van der Waals surface area contributed by atoms with Crippen LogP contribution in [0.25, 0.3) is 0 Å². The van der Waals surface area contributed by atoms with Gasteiger partial charge < -0.3 is 20.1 Å². The molecule has 1 aromatic rings. The Balaban J connectivity index is 2.19. The van der Waals surface area contributed by atoms with Gasteiger partial charge in [-0.3, -0.25) is 9.59 Å². The number of nitrogens with zero attached hydrogens (tertiary/aromatic N) is 1. The minimum absolute atomic E-state index is 0.0817. The topological polar surface area (TPSA) is 95.9 Å². The predicted octanol–water partition coefficient (Wildman–Crippen LogP) is -0.142. The van der Waals surface area contributed by atoms with Gasteiger partial charge in [0.15, 0.2) is 0 Å². The second-order valence-corrected chi connectivity index (χ2v) is 4.72. The van der Waals surface area contributed by atoms with Crippen LogP contribution in [-0.4, -0.2) is 54.0 Å². The SMILES string of the molecule is COCc1ccc(C(=O)N2CC(=O)NCC2C(=O)O)cc1. The van der Waals surface area contributed by atoms with Gasteiger partial charge in [-0.25, -0.2) is 4.79 Å². The largest absolute Gasteiger partial charge is 0.480 e. The predicted molar refractivity (Wildman–Crippen MR) is 72.6 cm³/mol. The summed E-state index contributed by atoms with van der Waals surface area (Å²) in [6.07, 6.45) is 0. The molecule has 0 radical (unpaired) electrons. The number of nitrogens with one attached hydrogen (secondary N) is 1. The Labute approximate surface area is 121 Å². The number of piperazine rings is 1. The van der Waals surface area contributed by atoms with Crippen LogP contribution in [0.1, 0.15) is 15.9 Å². The second kappa shape index (κ2) is 6.36. The van der Waals surface area contributed by atoms with E-state index in [1.807, 2.05) is 0 Å². The fourth-order valence-electron chi connectivity index (χ4n) is 2.15. The van der Waals surface area contributed by atoms with Crippen molar-refractivity contribution in [3.63, 3.8) is 0 Å². The van der Waals surface area contributed by atoms with Crippen LogP contribution < -0.4 is 5.32 Å². The number of amides is 2. The van der Waals surface area contributed by atoms with Gasteiger partial charge in [0.05, 0.1) is 6.61 Å². The number of methoxy groups -OCH3 is 1. The first-order chi connectivity index (χ1) is 10.0. The van der Waals surface area contributed by atoms with Crippen LogP contribution in [0, 0.1) is 0 Å². The number of carbonyl (C=O) groups is 3. The van der Waals surface area contributed by atoms with Crippen molar-refractivity contribution < 1.29 is 24.2 Å². The minimum Gasteiger partial charge on any atom is -0.480 e. The normalized spacial score (nSPS) is 18.2. The van der Waals surface area contributed by atoms with E-state index >= 15 is 0 Å². The number of hydrogen-bond donors (Lipinski definition) is 2. The maximum Gasteiger partial charge on any atom is 0.328 e. The van der Waals surface area contributed by atoms with Gasteiger partial charge in [0.1, 0.15) is 12.6 Å². The van der Waals surface area contributed by atoms with E-state index in [1.54, 1.807) is 31.4 Å². The van der Waals surface area contributed by atoms with Gasteiger partial charge >= 0.3 is 5.97 Å². The molecule has 0 bridgehead atoms. The zero-order valence-electron chi connectivity index (χ0n) is 11.5. The summed E-state index contributed by atoms with van der Waals surface area (Å²) in [6, 6.07) is 5.62. The Morgan fingerprint density at radius 2 is 2.05 bits per heavy atom. The van der Waals surface area contributed by atoms with Crippen molar-refractivity contribution in [2.24, 2.45) is 0 Å². The van der Waals surface area contributed by atoms with Crippen molar-refractivity contribution in [2.75, 3.05) is 20.2 Å². The summed E-state index contributed by atoms with van der Waals surface area (Å²) in [5.74, 6) is -1.97. The number of carbonyl (C=O) groups excluding carboxylic acids is 2. The van der Waals surface area contributed by atoms with E-state index < -0.39 is 17.9 Å². The Bertz CT molecular complexity index is 555. The van der Waals surface area contributed by atoms with E-state index in [2.05, 4.69) is 5.32 Å². The molecule has 1 atom stereocenters. The quantitative estimate of drug-likeness (QED) is 0.805. The molecular weight excluding hydrogens is 276 g/mol. The lowest BCUT2D eigenvalue weighted by atomic mass is 10.1.